The van der Waals surface area contributed by atoms with Crippen LogP contribution in [0.15, 0.2) is 18.2 Å². The first-order valence-corrected chi connectivity index (χ1v) is 9.95. The van der Waals surface area contributed by atoms with Crippen molar-refractivity contribution < 1.29 is 9.59 Å². The molecule has 1 aromatic heterocycles. The summed E-state index contributed by atoms with van der Waals surface area (Å²) in [5, 5.41) is 12.4. The van der Waals surface area contributed by atoms with Gasteiger partial charge in [0, 0.05) is 25.1 Å². The maximum atomic E-state index is 12.6. The van der Waals surface area contributed by atoms with Crippen LogP contribution in [0.25, 0.3) is 0 Å². The second kappa shape index (κ2) is 7.38. The van der Waals surface area contributed by atoms with Crippen LogP contribution in [-0.2, 0) is 16.0 Å². The minimum absolute atomic E-state index is 0.0240. The van der Waals surface area contributed by atoms with Crippen LogP contribution in [0.5, 0.6) is 0 Å². The summed E-state index contributed by atoms with van der Waals surface area (Å²) in [6, 6.07) is 5.93. The second-order valence-electron chi connectivity index (χ2n) is 8.40. The van der Waals surface area contributed by atoms with Crippen molar-refractivity contribution in [2.24, 2.45) is 11.3 Å². The van der Waals surface area contributed by atoms with Gasteiger partial charge in [-0.15, -0.1) is 10.2 Å². The van der Waals surface area contributed by atoms with Crippen molar-refractivity contribution in [1.29, 1.82) is 0 Å². The lowest BCUT2D eigenvalue weighted by Gasteiger charge is -2.17. The average Bonchev–Trinajstić information content (AvgIpc) is 3.15. The molecule has 7 heteroatoms. The van der Waals surface area contributed by atoms with Crippen LogP contribution >= 0.6 is 11.3 Å². The maximum absolute atomic E-state index is 12.6. The topological polar surface area (TPSA) is 75.2 Å². The zero-order chi connectivity index (χ0) is 19.8. The maximum Gasteiger partial charge on any atom is 0.231 e. The highest BCUT2D eigenvalue weighted by molar-refractivity contribution is 7.15. The zero-order valence-electron chi connectivity index (χ0n) is 16.5. The number of hydrogen-bond acceptors (Lipinski definition) is 5. The molecule has 1 aromatic carbocycles. The molecule has 3 rings (SSSR count). The van der Waals surface area contributed by atoms with Gasteiger partial charge >= 0.3 is 0 Å². The van der Waals surface area contributed by atoms with Gasteiger partial charge in [-0.2, -0.15) is 0 Å². The Morgan fingerprint density at radius 1 is 1.26 bits per heavy atom. The Hall–Kier alpha value is -2.28. The third-order valence-electron chi connectivity index (χ3n) is 4.68. The van der Waals surface area contributed by atoms with Gasteiger partial charge in [0.1, 0.15) is 5.01 Å². The molecule has 0 unspecified atom stereocenters. The minimum atomic E-state index is -0.380. The zero-order valence-corrected chi connectivity index (χ0v) is 17.3. The fourth-order valence-corrected chi connectivity index (χ4v) is 4.11. The van der Waals surface area contributed by atoms with Crippen molar-refractivity contribution in [2.75, 3.05) is 16.8 Å². The van der Waals surface area contributed by atoms with Gasteiger partial charge in [-0.05, 0) is 42.5 Å². The summed E-state index contributed by atoms with van der Waals surface area (Å²) in [7, 11) is 0. The molecule has 6 nitrogen and oxygen atoms in total. The quantitative estimate of drug-likeness (QED) is 0.869. The molecule has 0 aliphatic carbocycles. The molecule has 0 saturated carbocycles. The van der Waals surface area contributed by atoms with Crippen LogP contribution in [0.2, 0.25) is 0 Å². The van der Waals surface area contributed by atoms with E-state index in [1.165, 1.54) is 16.9 Å². The average molecular weight is 387 g/mol. The van der Waals surface area contributed by atoms with Crippen molar-refractivity contribution >= 4 is 34.0 Å². The molecular weight excluding hydrogens is 360 g/mol. The summed E-state index contributed by atoms with van der Waals surface area (Å²) in [6.45, 7) is 10.9. The predicted octanol–water partition coefficient (Wildman–Crippen LogP) is 3.74. The summed E-state index contributed by atoms with van der Waals surface area (Å²) in [4.78, 5) is 26.7. The number of rotatable bonds is 4. The van der Waals surface area contributed by atoms with Crippen molar-refractivity contribution in [2.45, 2.75) is 47.5 Å². The van der Waals surface area contributed by atoms with Crippen molar-refractivity contribution in [3.05, 3.63) is 34.3 Å². The molecule has 1 fully saturated rings. The molecule has 144 valence electrons. The summed E-state index contributed by atoms with van der Waals surface area (Å²) in [5.41, 5.74) is 3.28. The van der Waals surface area contributed by atoms with Gasteiger partial charge in [-0.25, -0.2) is 0 Å². The molecule has 1 N–H and O–H groups in total. The fraction of sp³-hybridized carbons (Fsp3) is 0.500. The summed E-state index contributed by atoms with van der Waals surface area (Å²) in [6.07, 6.45) is 1.02. The summed E-state index contributed by atoms with van der Waals surface area (Å²) < 4.78 is 0. The lowest BCUT2D eigenvalue weighted by Crippen LogP contribution is -2.28. The standard InChI is InChI=1S/C20H26N4O2S/c1-12-6-7-15(8-13(12)2)24-11-14(9-17(24)25)18(26)21-19-23-22-16(27-19)10-20(3,4)5/h6-8,14H,9-11H2,1-5H3,(H,21,23,26)/t14-/m1/s1. The molecule has 0 radical (unpaired) electrons. The van der Waals surface area contributed by atoms with Crippen molar-refractivity contribution in [3.8, 4) is 0 Å². The first-order chi connectivity index (χ1) is 12.6. The van der Waals surface area contributed by atoms with Crippen molar-refractivity contribution in [1.82, 2.24) is 10.2 Å². The number of anilines is 2. The van der Waals surface area contributed by atoms with Crippen LogP contribution in [-0.4, -0.2) is 28.6 Å². The van der Waals surface area contributed by atoms with Crippen LogP contribution in [0.4, 0.5) is 10.8 Å². The number of carbonyl (C=O) groups is 2. The van der Waals surface area contributed by atoms with Gasteiger partial charge in [-0.1, -0.05) is 38.2 Å². The smallest absolute Gasteiger partial charge is 0.231 e. The van der Waals surface area contributed by atoms with Gasteiger partial charge in [0.25, 0.3) is 0 Å². The molecule has 2 heterocycles. The number of nitrogens with one attached hydrogen (secondary N) is 1. The fourth-order valence-electron chi connectivity index (χ4n) is 3.06. The summed E-state index contributed by atoms with van der Waals surface area (Å²) >= 11 is 1.40. The number of aromatic nitrogens is 2. The van der Waals surface area contributed by atoms with E-state index in [0.717, 1.165) is 22.7 Å². The van der Waals surface area contributed by atoms with Crippen molar-refractivity contribution in [3.63, 3.8) is 0 Å². The highest BCUT2D eigenvalue weighted by Crippen LogP contribution is 2.29. The molecule has 1 aliphatic rings. The van der Waals surface area contributed by atoms with Crippen LogP contribution < -0.4 is 10.2 Å². The van der Waals surface area contributed by atoms with Crippen LogP contribution in [0.1, 0.15) is 43.3 Å². The molecule has 2 amide bonds. The monoisotopic (exact) mass is 386 g/mol. The van der Waals surface area contributed by atoms with E-state index in [1.807, 2.05) is 32.0 Å². The predicted molar refractivity (Wildman–Crippen MR) is 108 cm³/mol. The highest BCUT2D eigenvalue weighted by atomic mass is 32.1. The van der Waals surface area contributed by atoms with E-state index < -0.39 is 0 Å². The van der Waals surface area contributed by atoms with E-state index in [2.05, 4.69) is 36.3 Å². The van der Waals surface area contributed by atoms with E-state index in [-0.39, 0.29) is 29.6 Å². The largest absolute Gasteiger partial charge is 0.312 e. The van der Waals surface area contributed by atoms with Crippen LogP contribution in [0, 0.1) is 25.2 Å². The minimum Gasteiger partial charge on any atom is -0.312 e. The first kappa shape index (κ1) is 19.5. The third-order valence-corrected chi connectivity index (χ3v) is 5.52. The first-order valence-electron chi connectivity index (χ1n) is 9.13. The Bertz CT molecular complexity index is 869. The molecule has 27 heavy (non-hydrogen) atoms. The van der Waals surface area contributed by atoms with Gasteiger partial charge in [0.2, 0.25) is 16.9 Å². The van der Waals surface area contributed by atoms with E-state index in [9.17, 15) is 9.59 Å². The molecule has 1 atom stereocenters. The number of aryl methyl sites for hydroxylation is 2. The summed E-state index contributed by atoms with van der Waals surface area (Å²) in [5.74, 6) is -0.577. The molecule has 0 spiro atoms. The van der Waals surface area contributed by atoms with Gasteiger partial charge < -0.3 is 10.2 Å². The number of carbonyl (C=O) groups excluding carboxylic acids is 2. The van der Waals surface area contributed by atoms with Gasteiger partial charge in [0.15, 0.2) is 0 Å². The van der Waals surface area contributed by atoms with E-state index >= 15 is 0 Å². The molecule has 1 aliphatic heterocycles. The van der Waals surface area contributed by atoms with Crippen LogP contribution in [0.3, 0.4) is 0 Å². The van der Waals surface area contributed by atoms with Gasteiger partial charge in [-0.3, -0.25) is 9.59 Å². The third kappa shape index (κ3) is 4.71. The molecule has 1 saturated heterocycles. The normalized spacial score (nSPS) is 17.4. The number of nitrogens with zero attached hydrogens (tertiary/aromatic N) is 3. The highest BCUT2D eigenvalue weighted by Gasteiger charge is 2.35. The van der Waals surface area contributed by atoms with E-state index in [1.54, 1.807) is 4.90 Å². The second-order valence-corrected chi connectivity index (χ2v) is 9.46. The Balaban J connectivity index is 1.64. The number of amides is 2. The Kier molecular flexibility index (Phi) is 5.33. The SMILES string of the molecule is Cc1ccc(N2C[C@H](C(=O)Nc3nnc(CC(C)(C)C)s3)CC2=O)cc1C. The lowest BCUT2D eigenvalue weighted by atomic mass is 9.93. The number of benzene rings is 1. The molecule has 0 bridgehead atoms. The Morgan fingerprint density at radius 3 is 2.67 bits per heavy atom. The lowest BCUT2D eigenvalue weighted by molar-refractivity contribution is -0.122. The van der Waals surface area contributed by atoms with E-state index in [0.29, 0.717) is 11.7 Å². The Morgan fingerprint density at radius 2 is 2.00 bits per heavy atom. The number of hydrogen-bond donors (Lipinski definition) is 1. The molecular formula is C20H26N4O2S. The Labute approximate surface area is 164 Å². The van der Waals surface area contributed by atoms with E-state index in [4.69, 9.17) is 0 Å². The van der Waals surface area contributed by atoms with Gasteiger partial charge in [0.05, 0.1) is 5.92 Å². The molecule has 2 aromatic rings.